The molecule has 8 heteroatoms. The van der Waals surface area contributed by atoms with Gasteiger partial charge < -0.3 is 10.1 Å². The minimum atomic E-state index is -0.602. The second kappa shape index (κ2) is 4.17. The number of hydrogen-bond acceptors (Lipinski definition) is 4. The van der Waals surface area contributed by atoms with Gasteiger partial charge in [-0.1, -0.05) is 11.6 Å². The van der Waals surface area contributed by atoms with Crippen LogP contribution in [0.15, 0.2) is 12.4 Å². The van der Waals surface area contributed by atoms with Crippen LogP contribution in [0, 0.1) is 17.0 Å². The first-order valence-corrected chi connectivity index (χ1v) is 5.21. The van der Waals surface area contributed by atoms with Gasteiger partial charge in [0.25, 0.3) is 0 Å². The van der Waals surface area contributed by atoms with E-state index in [1.54, 1.807) is 10.9 Å². The average molecular weight is 256 g/mol. The molecule has 0 aliphatic rings. The molecule has 0 amide bonds. The van der Waals surface area contributed by atoms with Crippen molar-refractivity contribution >= 4 is 17.4 Å². The number of nitrogens with zero attached hydrogens (tertiary/aromatic N) is 5. The first-order valence-electron chi connectivity index (χ1n) is 4.84. The normalized spacial score (nSPS) is 10.8. The molecule has 2 rings (SSSR count). The molecule has 7 nitrogen and oxygen atoms in total. The molecule has 90 valence electrons. The Bertz CT molecular complexity index is 574. The SMILES string of the molecule is Cc1c(Cn2cc(Cl)c([N+](=O)[O-])n2)cnn1C. The van der Waals surface area contributed by atoms with Crippen LogP contribution in [-0.4, -0.2) is 24.5 Å². The van der Waals surface area contributed by atoms with E-state index in [1.807, 2.05) is 14.0 Å². The molecule has 0 bridgehead atoms. The summed E-state index contributed by atoms with van der Waals surface area (Å²) in [5, 5.41) is 18.5. The molecule has 0 aromatic carbocycles. The van der Waals surface area contributed by atoms with Crippen LogP contribution in [0.5, 0.6) is 0 Å². The molecule has 2 aromatic heterocycles. The summed E-state index contributed by atoms with van der Waals surface area (Å²) in [5.41, 5.74) is 1.93. The van der Waals surface area contributed by atoms with Gasteiger partial charge >= 0.3 is 5.82 Å². The first-order chi connectivity index (χ1) is 7.99. The zero-order chi connectivity index (χ0) is 12.6. The molecule has 2 aromatic rings. The van der Waals surface area contributed by atoms with E-state index < -0.39 is 4.92 Å². The van der Waals surface area contributed by atoms with Gasteiger partial charge in [0.1, 0.15) is 0 Å². The molecular formula is C9H10ClN5O2. The third-order valence-corrected chi connectivity index (χ3v) is 2.81. The number of aromatic nitrogens is 4. The predicted molar refractivity (Wildman–Crippen MR) is 60.9 cm³/mol. The van der Waals surface area contributed by atoms with E-state index in [9.17, 15) is 10.1 Å². The second-order valence-electron chi connectivity index (χ2n) is 3.63. The Kier molecular flexibility index (Phi) is 2.84. The van der Waals surface area contributed by atoms with Crippen LogP contribution < -0.4 is 0 Å². The van der Waals surface area contributed by atoms with Crippen molar-refractivity contribution in [2.24, 2.45) is 7.05 Å². The van der Waals surface area contributed by atoms with Crippen LogP contribution in [0.1, 0.15) is 11.3 Å². The summed E-state index contributed by atoms with van der Waals surface area (Å²) in [6.07, 6.45) is 3.14. The highest BCUT2D eigenvalue weighted by atomic mass is 35.5. The van der Waals surface area contributed by atoms with Crippen molar-refractivity contribution in [3.05, 3.63) is 38.8 Å². The van der Waals surface area contributed by atoms with Crippen molar-refractivity contribution in [2.75, 3.05) is 0 Å². The lowest BCUT2D eigenvalue weighted by Gasteiger charge is -1.97. The monoisotopic (exact) mass is 255 g/mol. The van der Waals surface area contributed by atoms with Crippen molar-refractivity contribution < 1.29 is 4.92 Å². The lowest BCUT2D eigenvalue weighted by molar-refractivity contribution is -0.389. The van der Waals surface area contributed by atoms with E-state index in [0.29, 0.717) is 6.54 Å². The Labute approximate surface area is 102 Å². The molecule has 2 heterocycles. The Balaban J connectivity index is 2.28. The third kappa shape index (κ3) is 2.14. The topological polar surface area (TPSA) is 78.8 Å². The van der Waals surface area contributed by atoms with Gasteiger partial charge in [0.15, 0.2) is 5.02 Å². The molecule has 0 saturated carbocycles. The lowest BCUT2D eigenvalue weighted by atomic mass is 10.2. The van der Waals surface area contributed by atoms with Crippen LogP contribution >= 0.6 is 11.6 Å². The summed E-state index contributed by atoms with van der Waals surface area (Å²) in [5.74, 6) is -0.326. The summed E-state index contributed by atoms with van der Waals surface area (Å²) in [4.78, 5) is 9.99. The fourth-order valence-corrected chi connectivity index (χ4v) is 1.68. The van der Waals surface area contributed by atoms with Crippen LogP contribution in [0.2, 0.25) is 5.02 Å². The van der Waals surface area contributed by atoms with Gasteiger partial charge in [0.2, 0.25) is 0 Å². The molecule has 0 N–H and O–H groups in total. The van der Waals surface area contributed by atoms with Crippen LogP contribution in [-0.2, 0) is 13.6 Å². The molecular weight excluding hydrogens is 246 g/mol. The summed E-state index contributed by atoms with van der Waals surface area (Å²) < 4.78 is 3.17. The molecule has 0 atom stereocenters. The minimum absolute atomic E-state index is 0.0385. The Morgan fingerprint density at radius 3 is 2.76 bits per heavy atom. The zero-order valence-corrected chi connectivity index (χ0v) is 10.0. The van der Waals surface area contributed by atoms with Crippen LogP contribution in [0.3, 0.4) is 0 Å². The largest absolute Gasteiger partial charge is 0.408 e. The highest BCUT2D eigenvalue weighted by Crippen LogP contribution is 2.22. The molecule has 0 fully saturated rings. The standard InChI is InChI=1S/C9H10ClN5O2/c1-6-7(3-11-13(6)2)4-14-5-8(10)9(12-14)15(16)17/h3,5H,4H2,1-2H3. The maximum atomic E-state index is 10.6. The fourth-order valence-electron chi connectivity index (χ4n) is 1.47. The summed E-state index contributed by atoms with van der Waals surface area (Å²) in [7, 11) is 1.83. The van der Waals surface area contributed by atoms with E-state index in [-0.39, 0.29) is 10.8 Å². The number of rotatable bonds is 3. The highest BCUT2D eigenvalue weighted by molar-refractivity contribution is 6.32. The fraction of sp³-hybridized carbons (Fsp3) is 0.333. The van der Waals surface area contributed by atoms with Crippen molar-refractivity contribution in [2.45, 2.75) is 13.5 Å². The van der Waals surface area contributed by atoms with E-state index >= 15 is 0 Å². The maximum absolute atomic E-state index is 10.6. The highest BCUT2D eigenvalue weighted by Gasteiger charge is 2.19. The number of hydrogen-bond donors (Lipinski definition) is 0. The number of halogens is 1. The molecule has 0 aliphatic heterocycles. The van der Waals surface area contributed by atoms with Gasteiger partial charge in [-0.3, -0.25) is 4.68 Å². The summed E-state index contributed by atoms with van der Waals surface area (Å²) >= 11 is 5.71. The van der Waals surface area contributed by atoms with Gasteiger partial charge in [0.05, 0.1) is 24.0 Å². The molecule has 0 unspecified atom stereocenters. The first kappa shape index (κ1) is 11.6. The van der Waals surface area contributed by atoms with E-state index in [1.165, 1.54) is 10.9 Å². The lowest BCUT2D eigenvalue weighted by Crippen LogP contribution is -2.02. The van der Waals surface area contributed by atoms with E-state index in [2.05, 4.69) is 10.2 Å². The van der Waals surface area contributed by atoms with Crippen molar-refractivity contribution in [3.8, 4) is 0 Å². The Morgan fingerprint density at radius 1 is 1.59 bits per heavy atom. The van der Waals surface area contributed by atoms with Crippen LogP contribution in [0.4, 0.5) is 5.82 Å². The molecule has 0 spiro atoms. The van der Waals surface area contributed by atoms with Crippen molar-refractivity contribution in [1.29, 1.82) is 0 Å². The van der Waals surface area contributed by atoms with Gasteiger partial charge in [-0.05, 0) is 11.8 Å². The molecule has 0 saturated heterocycles. The quantitative estimate of drug-likeness (QED) is 0.615. The van der Waals surface area contributed by atoms with Crippen LogP contribution in [0.25, 0.3) is 0 Å². The molecule has 0 radical (unpaired) electrons. The van der Waals surface area contributed by atoms with Gasteiger partial charge in [-0.15, -0.1) is 0 Å². The van der Waals surface area contributed by atoms with E-state index in [4.69, 9.17) is 11.6 Å². The summed E-state index contributed by atoms with van der Waals surface area (Å²) in [6, 6.07) is 0. The number of nitro groups is 1. The average Bonchev–Trinajstić information content (AvgIpc) is 2.76. The maximum Gasteiger partial charge on any atom is 0.408 e. The number of aryl methyl sites for hydroxylation is 1. The summed E-state index contributed by atoms with van der Waals surface area (Å²) in [6.45, 7) is 2.33. The van der Waals surface area contributed by atoms with Gasteiger partial charge in [0, 0.05) is 18.3 Å². The molecule has 17 heavy (non-hydrogen) atoms. The Hall–Kier alpha value is -1.89. The predicted octanol–water partition coefficient (Wildman–Crippen LogP) is 1.53. The van der Waals surface area contributed by atoms with Gasteiger partial charge in [-0.25, -0.2) is 0 Å². The Morgan fingerprint density at radius 2 is 2.29 bits per heavy atom. The zero-order valence-electron chi connectivity index (χ0n) is 9.29. The van der Waals surface area contributed by atoms with Crippen molar-refractivity contribution in [3.63, 3.8) is 0 Å². The van der Waals surface area contributed by atoms with Gasteiger partial charge in [-0.2, -0.15) is 9.78 Å². The molecule has 0 aliphatic carbocycles. The smallest absolute Gasteiger partial charge is 0.358 e. The minimum Gasteiger partial charge on any atom is -0.358 e. The second-order valence-corrected chi connectivity index (χ2v) is 4.04. The third-order valence-electron chi connectivity index (χ3n) is 2.54. The van der Waals surface area contributed by atoms with Crippen molar-refractivity contribution in [1.82, 2.24) is 19.6 Å². The van der Waals surface area contributed by atoms with E-state index in [0.717, 1.165) is 11.3 Å².